The van der Waals surface area contributed by atoms with Crippen molar-refractivity contribution in [3.63, 3.8) is 0 Å². The Morgan fingerprint density at radius 1 is 1.26 bits per heavy atom. The summed E-state index contributed by atoms with van der Waals surface area (Å²) in [6.45, 7) is 2.18. The van der Waals surface area contributed by atoms with Crippen LogP contribution < -0.4 is 5.56 Å². The third-order valence-electron chi connectivity index (χ3n) is 3.65. The fourth-order valence-corrected chi connectivity index (χ4v) is 3.48. The summed E-state index contributed by atoms with van der Waals surface area (Å²) in [5.41, 5.74) is 2.67. The maximum absolute atomic E-state index is 12.9. The van der Waals surface area contributed by atoms with Crippen LogP contribution in [0.5, 0.6) is 0 Å². The second-order valence-corrected chi connectivity index (χ2v) is 6.17. The molecule has 0 aliphatic carbocycles. The van der Waals surface area contributed by atoms with E-state index in [1.54, 1.807) is 10.9 Å². The van der Waals surface area contributed by atoms with E-state index in [-0.39, 0.29) is 5.56 Å². The molecule has 3 heterocycles. The van der Waals surface area contributed by atoms with Gasteiger partial charge in [0.15, 0.2) is 5.76 Å². The van der Waals surface area contributed by atoms with Crippen molar-refractivity contribution in [2.24, 2.45) is 0 Å². The van der Waals surface area contributed by atoms with Crippen molar-refractivity contribution in [2.45, 2.75) is 13.5 Å². The zero-order chi connectivity index (χ0) is 15.8. The minimum absolute atomic E-state index is 0.0656. The molecule has 0 aliphatic rings. The van der Waals surface area contributed by atoms with E-state index < -0.39 is 0 Å². The fraction of sp³-hybridized carbons (Fsp3) is 0.118. The van der Waals surface area contributed by atoms with E-state index in [1.165, 1.54) is 11.3 Å². The molecule has 0 bridgehead atoms. The van der Waals surface area contributed by atoms with Crippen LogP contribution in [0.1, 0.15) is 11.5 Å². The average molecular weight is 323 g/mol. The summed E-state index contributed by atoms with van der Waals surface area (Å²) in [5.74, 6) is 0.641. The highest BCUT2D eigenvalue weighted by molar-refractivity contribution is 7.17. The van der Waals surface area contributed by atoms with Crippen LogP contribution in [0.15, 0.2) is 57.4 Å². The fourth-order valence-electron chi connectivity index (χ4n) is 2.57. The van der Waals surface area contributed by atoms with Gasteiger partial charge in [-0.2, -0.15) is 0 Å². The van der Waals surface area contributed by atoms with Crippen molar-refractivity contribution in [1.82, 2.24) is 14.7 Å². The molecule has 0 saturated carbocycles. The second-order valence-electron chi connectivity index (χ2n) is 5.31. The van der Waals surface area contributed by atoms with Gasteiger partial charge in [0, 0.05) is 17.0 Å². The SMILES string of the molecule is Cc1cc(Cn2cnc3scc(-c4ccccc4)c3c2=O)on1. The van der Waals surface area contributed by atoms with E-state index in [2.05, 4.69) is 10.1 Å². The topological polar surface area (TPSA) is 60.9 Å². The Hall–Kier alpha value is -2.73. The van der Waals surface area contributed by atoms with E-state index in [9.17, 15) is 4.79 Å². The molecule has 4 aromatic rings. The van der Waals surface area contributed by atoms with E-state index in [4.69, 9.17) is 4.52 Å². The number of benzene rings is 1. The maximum Gasteiger partial charge on any atom is 0.263 e. The molecule has 0 fully saturated rings. The summed E-state index contributed by atoms with van der Waals surface area (Å²) < 4.78 is 6.75. The summed E-state index contributed by atoms with van der Waals surface area (Å²) in [6.07, 6.45) is 1.56. The van der Waals surface area contributed by atoms with Gasteiger partial charge in [0.1, 0.15) is 4.83 Å². The lowest BCUT2D eigenvalue weighted by molar-refractivity contribution is 0.371. The molecule has 0 radical (unpaired) electrons. The van der Waals surface area contributed by atoms with Crippen LogP contribution in [0.25, 0.3) is 21.3 Å². The monoisotopic (exact) mass is 323 g/mol. The number of rotatable bonds is 3. The van der Waals surface area contributed by atoms with Gasteiger partial charge in [-0.05, 0) is 12.5 Å². The van der Waals surface area contributed by atoms with Gasteiger partial charge < -0.3 is 4.52 Å². The molecule has 0 amide bonds. The average Bonchev–Trinajstić information content (AvgIpc) is 3.17. The highest BCUT2D eigenvalue weighted by atomic mass is 32.1. The number of hydrogen-bond donors (Lipinski definition) is 0. The zero-order valence-electron chi connectivity index (χ0n) is 12.4. The maximum atomic E-state index is 12.9. The molecule has 0 saturated heterocycles. The Morgan fingerprint density at radius 3 is 2.83 bits per heavy atom. The molecule has 1 aromatic carbocycles. The first kappa shape index (κ1) is 13.9. The van der Waals surface area contributed by atoms with Crippen LogP contribution >= 0.6 is 11.3 Å². The summed E-state index contributed by atoms with van der Waals surface area (Å²) in [7, 11) is 0. The molecule has 23 heavy (non-hydrogen) atoms. The van der Waals surface area contributed by atoms with E-state index >= 15 is 0 Å². The molecule has 0 N–H and O–H groups in total. The first-order chi connectivity index (χ1) is 11.2. The van der Waals surface area contributed by atoms with Crippen LogP contribution in [-0.2, 0) is 6.54 Å². The predicted octanol–water partition coefficient (Wildman–Crippen LogP) is 3.47. The summed E-state index contributed by atoms with van der Waals surface area (Å²) in [4.78, 5) is 18.0. The zero-order valence-corrected chi connectivity index (χ0v) is 13.2. The lowest BCUT2D eigenvalue weighted by atomic mass is 10.1. The molecule has 6 heteroatoms. The van der Waals surface area contributed by atoms with Crippen molar-refractivity contribution >= 4 is 21.6 Å². The number of aryl methyl sites for hydroxylation is 1. The lowest BCUT2D eigenvalue weighted by Crippen LogP contribution is -2.20. The van der Waals surface area contributed by atoms with Crippen molar-refractivity contribution < 1.29 is 4.52 Å². The second kappa shape index (κ2) is 5.48. The molecule has 0 unspecified atom stereocenters. The Morgan fingerprint density at radius 2 is 2.09 bits per heavy atom. The predicted molar refractivity (Wildman–Crippen MR) is 89.7 cm³/mol. The highest BCUT2D eigenvalue weighted by Crippen LogP contribution is 2.30. The highest BCUT2D eigenvalue weighted by Gasteiger charge is 2.14. The van der Waals surface area contributed by atoms with Crippen LogP contribution in [0.4, 0.5) is 0 Å². The van der Waals surface area contributed by atoms with Crippen molar-refractivity contribution in [3.8, 4) is 11.1 Å². The van der Waals surface area contributed by atoms with E-state index in [1.807, 2.05) is 48.7 Å². The van der Waals surface area contributed by atoms with Crippen LogP contribution in [0.3, 0.4) is 0 Å². The Balaban J connectivity index is 1.85. The van der Waals surface area contributed by atoms with Gasteiger partial charge in [0.05, 0.1) is 24.0 Å². The summed E-state index contributed by atoms with van der Waals surface area (Å²) in [6, 6.07) is 11.7. The number of nitrogens with zero attached hydrogens (tertiary/aromatic N) is 3. The first-order valence-corrected chi connectivity index (χ1v) is 8.04. The number of fused-ring (bicyclic) bond motifs is 1. The third kappa shape index (κ3) is 2.47. The minimum atomic E-state index is -0.0656. The van der Waals surface area contributed by atoms with Crippen molar-refractivity contribution in [2.75, 3.05) is 0 Å². The van der Waals surface area contributed by atoms with Crippen molar-refractivity contribution in [1.29, 1.82) is 0 Å². The Bertz CT molecular complexity index is 1030. The van der Waals surface area contributed by atoms with Gasteiger partial charge in [0.25, 0.3) is 5.56 Å². The molecular weight excluding hydrogens is 310 g/mol. The number of aromatic nitrogens is 3. The molecular formula is C17H13N3O2S. The van der Waals surface area contributed by atoms with Crippen molar-refractivity contribution in [3.05, 3.63) is 69.9 Å². The Kier molecular flexibility index (Phi) is 3.31. The van der Waals surface area contributed by atoms with Crippen LogP contribution in [0.2, 0.25) is 0 Å². The number of thiophene rings is 1. The smallest absolute Gasteiger partial charge is 0.263 e. The lowest BCUT2D eigenvalue weighted by Gasteiger charge is -2.04. The van der Waals surface area contributed by atoms with Gasteiger partial charge in [-0.3, -0.25) is 9.36 Å². The standard InChI is InChI=1S/C17H13N3O2S/c1-11-7-13(22-19-11)8-20-10-18-16-15(17(20)21)14(9-23-16)12-5-3-2-4-6-12/h2-7,9-10H,8H2,1H3. The Labute approximate surface area is 135 Å². The molecule has 114 valence electrons. The molecule has 0 atom stereocenters. The van der Waals surface area contributed by atoms with Crippen LogP contribution in [0, 0.1) is 6.92 Å². The molecule has 0 aliphatic heterocycles. The third-order valence-corrected chi connectivity index (χ3v) is 4.53. The quantitative estimate of drug-likeness (QED) is 0.579. The van der Waals surface area contributed by atoms with Gasteiger partial charge in [-0.15, -0.1) is 11.3 Å². The molecule has 4 rings (SSSR count). The molecule has 3 aromatic heterocycles. The largest absolute Gasteiger partial charge is 0.359 e. The minimum Gasteiger partial charge on any atom is -0.359 e. The normalized spacial score (nSPS) is 11.2. The number of hydrogen-bond acceptors (Lipinski definition) is 5. The van der Waals surface area contributed by atoms with Crippen LogP contribution in [-0.4, -0.2) is 14.7 Å². The molecule has 5 nitrogen and oxygen atoms in total. The summed E-state index contributed by atoms with van der Waals surface area (Å²) >= 11 is 1.48. The summed E-state index contributed by atoms with van der Waals surface area (Å²) in [5, 5.41) is 6.49. The first-order valence-electron chi connectivity index (χ1n) is 7.16. The van der Waals surface area contributed by atoms with E-state index in [0.29, 0.717) is 17.7 Å². The van der Waals surface area contributed by atoms with Gasteiger partial charge in [0.2, 0.25) is 0 Å². The van der Waals surface area contributed by atoms with Gasteiger partial charge in [-0.1, -0.05) is 35.5 Å². The molecule has 0 spiro atoms. The van der Waals surface area contributed by atoms with Gasteiger partial charge >= 0.3 is 0 Å². The van der Waals surface area contributed by atoms with Gasteiger partial charge in [-0.25, -0.2) is 4.98 Å². The van der Waals surface area contributed by atoms with E-state index in [0.717, 1.165) is 21.7 Å².